The molecule has 2 N–H and O–H groups in total. The van der Waals surface area contributed by atoms with Crippen molar-refractivity contribution in [1.82, 2.24) is 9.97 Å². The van der Waals surface area contributed by atoms with Gasteiger partial charge in [-0.15, -0.1) is 0 Å². The number of halogens is 4. The number of hydrogen-bond acceptors (Lipinski definition) is 4. The van der Waals surface area contributed by atoms with E-state index in [-0.39, 0.29) is 11.6 Å². The van der Waals surface area contributed by atoms with Crippen LogP contribution in [0.1, 0.15) is 41.9 Å². The molecule has 1 heterocycles. The predicted molar refractivity (Wildman–Crippen MR) is 138 cm³/mol. The third-order valence-corrected chi connectivity index (χ3v) is 5.72. The third-order valence-electron chi connectivity index (χ3n) is 5.72. The molecule has 1 amide bonds. The summed E-state index contributed by atoms with van der Waals surface area (Å²) in [6.45, 7) is 6.76. The molecular weight excluding hydrogens is 498 g/mol. The average molecular weight is 526 g/mol. The second-order valence-electron chi connectivity index (χ2n) is 8.25. The van der Waals surface area contributed by atoms with Gasteiger partial charge in [0.2, 0.25) is 5.91 Å². The SMILES string of the molecule is CC.Cc1nc(NC(=O)Cc2c(C)c(F)c(F)c(F)c2F)c(Cc2ccccc2)nc1-c1ccc(O)cc1. The number of carbonyl (C=O) groups excluding carboxylic acids is 1. The van der Waals surface area contributed by atoms with E-state index in [4.69, 9.17) is 4.98 Å². The van der Waals surface area contributed by atoms with Crippen molar-refractivity contribution in [2.75, 3.05) is 5.32 Å². The Kier molecular flexibility index (Phi) is 9.17. The van der Waals surface area contributed by atoms with Crippen molar-refractivity contribution < 1.29 is 27.5 Å². The Morgan fingerprint density at radius 3 is 2.08 bits per heavy atom. The molecule has 0 saturated heterocycles. The number of aromatic nitrogens is 2. The molecule has 0 spiro atoms. The average Bonchev–Trinajstić information content (AvgIpc) is 2.92. The summed E-state index contributed by atoms with van der Waals surface area (Å²) in [6, 6.07) is 15.7. The first kappa shape index (κ1) is 28.3. The van der Waals surface area contributed by atoms with E-state index in [0.29, 0.717) is 29.1 Å². The Bertz CT molecular complexity index is 1410. The van der Waals surface area contributed by atoms with E-state index in [1.807, 2.05) is 44.2 Å². The molecule has 0 radical (unpaired) electrons. The highest BCUT2D eigenvalue weighted by Gasteiger charge is 2.25. The fraction of sp³-hybridized carbons (Fsp3) is 0.207. The molecule has 1 aromatic heterocycles. The fourth-order valence-electron chi connectivity index (χ4n) is 3.79. The monoisotopic (exact) mass is 525 g/mol. The van der Waals surface area contributed by atoms with Crippen molar-refractivity contribution in [3.8, 4) is 17.0 Å². The van der Waals surface area contributed by atoms with E-state index in [1.165, 1.54) is 12.1 Å². The van der Waals surface area contributed by atoms with Gasteiger partial charge in [-0.2, -0.15) is 0 Å². The van der Waals surface area contributed by atoms with Crippen molar-refractivity contribution in [1.29, 1.82) is 0 Å². The highest BCUT2D eigenvalue weighted by atomic mass is 19.2. The first-order valence-electron chi connectivity index (χ1n) is 12.0. The van der Waals surface area contributed by atoms with Crippen molar-refractivity contribution in [3.05, 3.63) is 106 Å². The van der Waals surface area contributed by atoms with Gasteiger partial charge in [0.25, 0.3) is 0 Å². The summed E-state index contributed by atoms with van der Waals surface area (Å²) in [7, 11) is 0. The molecule has 0 saturated carbocycles. The van der Waals surface area contributed by atoms with Gasteiger partial charge in [0, 0.05) is 17.5 Å². The Morgan fingerprint density at radius 1 is 0.842 bits per heavy atom. The molecule has 3 aromatic carbocycles. The van der Waals surface area contributed by atoms with Crippen LogP contribution in [0.5, 0.6) is 5.75 Å². The summed E-state index contributed by atoms with van der Waals surface area (Å²) in [5.41, 5.74) is 1.90. The largest absolute Gasteiger partial charge is 0.508 e. The second-order valence-corrected chi connectivity index (χ2v) is 8.25. The van der Waals surface area contributed by atoms with Gasteiger partial charge in [-0.1, -0.05) is 44.2 Å². The van der Waals surface area contributed by atoms with E-state index in [2.05, 4.69) is 10.3 Å². The van der Waals surface area contributed by atoms with Crippen LogP contribution in [0.4, 0.5) is 23.4 Å². The van der Waals surface area contributed by atoms with Gasteiger partial charge in [-0.05, 0) is 49.2 Å². The molecule has 4 aromatic rings. The van der Waals surface area contributed by atoms with Gasteiger partial charge >= 0.3 is 0 Å². The van der Waals surface area contributed by atoms with Gasteiger partial charge in [-0.3, -0.25) is 4.79 Å². The van der Waals surface area contributed by atoms with E-state index < -0.39 is 46.7 Å². The first-order chi connectivity index (χ1) is 18.2. The number of phenolic OH excluding ortho intramolecular Hbond substituents is 1. The molecule has 5 nitrogen and oxygen atoms in total. The molecule has 4 rings (SSSR count). The van der Waals surface area contributed by atoms with Crippen LogP contribution in [0.25, 0.3) is 11.3 Å². The number of phenols is 1. The van der Waals surface area contributed by atoms with Crippen LogP contribution in [0, 0.1) is 37.1 Å². The number of carbonyl (C=O) groups is 1. The number of aromatic hydroxyl groups is 1. The lowest BCUT2D eigenvalue weighted by molar-refractivity contribution is -0.115. The van der Waals surface area contributed by atoms with E-state index >= 15 is 0 Å². The second kappa shape index (κ2) is 12.3. The van der Waals surface area contributed by atoms with Crippen LogP contribution in [0.2, 0.25) is 0 Å². The smallest absolute Gasteiger partial charge is 0.230 e. The molecule has 0 unspecified atom stereocenters. The Hall–Kier alpha value is -4.27. The Labute approximate surface area is 218 Å². The molecule has 9 heteroatoms. The molecule has 0 bridgehead atoms. The van der Waals surface area contributed by atoms with Crippen molar-refractivity contribution in [2.24, 2.45) is 0 Å². The summed E-state index contributed by atoms with van der Waals surface area (Å²) >= 11 is 0. The lowest BCUT2D eigenvalue weighted by atomic mass is 10.0. The Morgan fingerprint density at radius 2 is 1.45 bits per heavy atom. The van der Waals surface area contributed by atoms with E-state index in [1.54, 1.807) is 19.1 Å². The predicted octanol–water partition coefficient (Wildman–Crippen LogP) is 6.82. The molecule has 0 atom stereocenters. The maximum atomic E-state index is 14.3. The zero-order chi connectivity index (χ0) is 28.0. The van der Waals surface area contributed by atoms with Crippen LogP contribution >= 0.6 is 0 Å². The highest BCUT2D eigenvalue weighted by molar-refractivity contribution is 5.92. The minimum atomic E-state index is -1.97. The van der Waals surface area contributed by atoms with Crippen molar-refractivity contribution >= 4 is 11.7 Å². The lowest BCUT2D eigenvalue weighted by Gasteiger charge is -2.15. The van der Waals surface area contributed by atoms with Crippen LogP contribution in [0.3, 0.4) is 0 Å². The summed E-state index contributed by atoms with van der Waals surface area (Å²) < 4.78 is 55.5. The van der Waals surface area contributed by atoms with Crippen LogP contribution in [0.15, 0.2) is 54.6 Å². The van der Waals surface area contributed by atoms with Gasteiger partial charge in [0.1, 0.15) is 5.75 Å². The standard InChI is InChI=1S/C27H21F4N3O2.C2H6/c1-14-19(23(29)25(31)24(30)22(14)28)13-21(36)34-27-20(12-16-6-4-3-5-7-16)33-26(15(2)32-27)17-8-10-18(35)11-9-17;1-2/h3-11,35H,12-13H2,1-2H3,(H,32,34,36);1-2H3. The third kappa shape index (κ3) is 6.16. The first-order valence-corrected chi connectivity index (χ1v) is 12.0. The van der Waals surface area contributed by atoms with Gasteiger partial charge in [0.05, 0.1) is 23.5 Å². The number of hydrogen-bond donors (Lipinski definition) is 2. The fourth-order valence-corrected chi connectivity index (χ4v) is 3.79. The van der Waals surface area contributed by atoms with Gasteiger partial charge in [-0.25, -0.2) is 27.5 Å². The summed E-state index contributed by atoms with van der Waals surface area (Å²) in [4.78, 5) is 22.0. The molecule has 38 heavy (non-hydrogen) atoms. The van der Waals surface area contributed by atoms with E-state index in [9.17, 15) is 27.5 Å². The van der Waals surface area contributed by atoms with Gasteiger partial charge < -0.3 is 10.4 Å². The van der Waals surface area contributed by atoms with Crippen molar-refractivity contribution in [3.63, 3.8) is 0 Å². The number of aryl methyl sites for hydroxylation is 1. The topological polar surface area (TPSA) is 75.1 Å². The maximum Gasteiger partial charge on any atom is 0.230 e. The molecule has 0 aliphatic heterocycles. The minimum absolute atomic E-state index is 0.0916. The van der Waals surface area contributed by atoms with Gasteiger partial charge in [0.15, 0.2) is 29.1 Å². The summed E-state index contributed by atoms with van der Waals surface area (Å²) in [5, 5.41) is 12.2. The van der Waals surface area contributed by atoms with Crippen LogP contribution in [-0.4, -0.2) is 21.0 Å². The number of anilines is 1. The number of rotatable bonds is 6. The lowest BCUT2D eigenvalue weighted by Crippen LogP contribution is -2.20. The quantitative estimate of drug-likeness (QED) is 0.165. The minimum Gasteiger partial charge on any atom is -0.508 e. The summed E-state index contributed by atoms with van der Waals surface area (Å²) in [6.07, 6.45) is -0.445. The molecule has 198 valence electrons. The number of nitrogens with one attached hydrogen (secondary N) is 1. The Balaban J connectivity index is 0.00000195. The number of benzene rings is 3. The highest BCUT2D eigenvalue weighted by Crippen LogP contribution is 2.28. The maximum absolute atomic E-state index is 14.3. The zero-order valence-corrected chi connectivity index (χ0v) is 21.4. The van der Waals surface area contributed by atoms with Crippen LogP contribution < -0.4 is 5.32 Å². The molecule has 0 aliphatic rings. The van der Waals surface area contributed by atoms with Crippen LogP contribution in [-0.2, 0) is 17.6 Å². The van der Waals surface area contributed by atoms with Crippen molar-refractivity contribution in [2.45, 2.75) is 40.5 Å². The normalized spacial score (nSPS) is 10.5. The molecule has 0 fully saturated rings. The zero-order valence-electron chi connectivity index (χ0n) is 21.4. The number of nitrogens with zero attached hydrogens (tertiary/aromatic N) is 2. The summed E-state index contributed by atoms with van der Waals surface area (Å²) in [5.74, 6) is -7.67. The number of amides is 1. The molecular formula is C29H27F4N3O2. The van der Waals surface area contributed by atoms with E-state index in [0.717, 1.165) is 12.5 Å². The molecule has 0 aliphatic carbocycles.